The van der Waals surface area contributed by atoms with Crippen LogP contribution in [0.3, 0.4) is 0 Å². The summed E-state index contributed by atoms with van der Waals surface area (Å²) in [6.45, 7) is 3.26. The molecule has 7 heteroatoms. The van der Waals surface area contributed by atoms with E-state index in [1.165, 1.54) is 18.3 Å². The Kier molecular flexibility index (Phi) is 4.01. The zero-order chi connectivity index (χ0) is 12.2. The second kappa shape index (κ2) is 5.07. The van der Waals surface area contributed by atoms with Crippen molar-refractivity contribution in [1.29, 1.82) is 5.26 Å². The van der Waals surface area contributed by atoms with E-state index in [1.54, 1.807) is 6.07 Å². The first-order chi connectivity index (χ1) is 7.47. The summed E-state index contributed by atoms with van der Waals surface area (Å²) in [4.78, 5) is 3.48. The molecule has 5 nitrogen and oxygen atoms in total. The molecule has 1 aromatic heterocycles. The van der Waals surface area contributed by atoms with Crippen molar-refractivity contribution in [3.8, 4) is 6.07 Å². The smallest absolute Gasteiger partial charge is 0.243 e. The topological polar surface area (TPSA) is 82.8 Å². The summed E-state index contributed by atoms with van der Waals surface area (Å²) < 4.78 is 25.6. The average Bonchev–Trinajstić information content (AvgIpc) is 2.26. The van der Waals surface area contributed by atoms with Crippen LogP contribution in [-0.4, -0.2) is 19.9 Å². The first kappa shape index (κ1) is 12.6. The molecule has 0 aliphatic heterocycles. The van der Waals surface area contributed by atoms with Crippen LogP contribution in [0.5, 0.6) is 0 Å². The lowest BCUT2D eigenvalue weighted by Crippen LogP contribution is -2.25. The lowest BCUT2D eigenvalue weighted by molar-refractivity contribution is 0.584. The van der Waals surface area contributed by atoms with E-state index in [0.29, 0.717) is 0 Å². The molecule has 0 spiro atoms. The van der Waals surface area contributed by atoms with Crippen LogP contribution in [0.4, 0.5) is 0 Å². The minimum Gasteiger partial charge on any atom is -0.244 e. The third-order valence-electron chi connectivity index (χ3n) is 1.62. The summed E-state index contributed by atoms with van der Waals surface area (Å²) >= 11 is 5.44. The van der Waals surface area contributed by atoms with Gasteiger partial charge in [-0.25, -0.2) is 18.1 Å². The highest BCUT2D eigenvalue weighted by molar-refractivity contribution is 7.89. The highest BCUT2D eigenvalue weighted by Crippen LogP contribution is 2.11. The van der Waals surface area contributed by atoms with E-state index in [2.05, 4.69) is 16.3 Å². The number of nitrogens with zero attached hydrogens (tertiary/aromatic N) is 2. The molecule has 1 heterocycles. The summed E-state index contributed by atoms with van der Waals surface area (Å²) in [5.74, 6) is 0. The zero-order valence-corrected chi connectivity index (χ0v) is 9.72. The number of nitrogens with one attached hydrogen (secondary N) is 1. The Morgan fingerprint density at radius 2 is 2.38 bits per heavy atom. The summed E-state index contributed by atoms with van der Waals surface area (Å²) in [5, 5.41) is 8.87. The fourth-order valence-corrected chi connectivity index (χ4v) is 2.22. The number of nitriles is 1. The van der Waals surface area contributed by atoms with Crippen LogP contribution in [0.2, 0.25) is 0 Å². The number of halogens is 1. The molecule has 1 rings (SSSR count). The number of hydrogen-bond acceptors (Lipinski definition) is 4. The van der Waals surface area contributed by atoms with Crippen LogP contribution in [0.25, 0.3) is 0 Å². The van der Waals surface area contributed by atoms with E-state index < -0.39 is 10.0 Å². The molecule has 0 aromatic carbocycles. The number of sulfonamides is 1. The van der Waals surface area contributed by atoms with Crippen LogP contribution in [0.1, 0.15) is 5.69 Å². The van der Waals surface area contributed by atoms with Crippen molar-refractivity contribution in [2.45, 2.75) is 4.90 Å². The number of pyridine rings is 1. The van der Waals surface area contributed by atoms with Gasteiger partial charge in [0, 0.05) is 17.8 Å². The van der Waals surface area contributed by atoms with Gasteiger partial charge in [-0.3, -0.25) is 0 Å². The fraction of sp³-hybridized carbons (Fsp3) is 0.111. The molecule has 0 saturated heterocycles. The monoisotopic (exact) mass is 257 g/mol. The second-order valence-electron chi connectivity index (χ2n) is 2.80. The molecule has 16 heavy (non-hydrogen) atoms. The molecule has 0 radical (unpaired) electrons. The minimum absolute atomic E-state index is 0.0936. The molecule has 0 atom stereocenters. The van der Waals surface area contributed by atoms with E-state index in [-0.39, 0.29) is 22.2 Å². The lowest BCUT2D eigenvalue weighted by atomic mass is 10.4. The Balaban J connectivity index is 3.08. The Morgan fingerprint density at radius 3 is 2.94 bits per heavy atom. The van der Waals surface area contributed by atoms with Crippen LogP contribution < -0.4 is 4.72 Å². The predicted molar refractivity (Wildman–Crippen MR) is 59.1 cm³/mol. The summed E-state index contributed by atoms with van der Waals surface area (Å²) in [7, 11) is -3.78. The Labute approximate surface area is 98.4 Å². The molecule has 0 saturated carbocycles. The van der Waals surface area contributed by atoms with Crippen molar-refractivity contribution < 1.29 is 8.42 Å². The van der Waals surface area contributed by atoms with Gasteiger partial charge in [-0.05, 0) is 12.1 Å². The maximum Gasteiger partial charge on any atom is 0.243 e. The van der Waals surface area contributed by atoms with E-state index in [0.717, 1.165) is 0 Å². The third-order valence-corrected chi connectivity index (χ3v) is 3.19. The number of hydrogen-bond donors (Lipinski definition) is 1. The molecular formula is C9H8ClN3O2S. The van der Waals surface area contributed by atoms with Gasteiger partial charge in [0.2, 0.25) is 10.0 Å². The van der Waals surface area contributed by atoms with E-state index >= 15 is 0 Å². The molecule has 0 bridgehead atoms. The normalized spacial score (nSPS) is 10.8. The number of aromatic nitrogens is 1. The Bertz CT molecular complexity index is 548. The maximum atomic E-state index is 11.7. The van der Waals surface area contributed by atoms with Crippen LogP contribution in [0.15, 0.2) is 34.8 Å². The van der Waals surface area contributed by atoms with Crippen molar-refractivity contribution in [3.63, 3.8) is 0 Å². The van der Waals surface area contributed by atoms with Gasteiger partial charge in [-0.15, -0.1) is 0 Å². The van der Waals surface area contributed by atoms with Crippen molar-refractivity contribution in [3.05, 3.63) is 35.6 Å². The standard InChI is InChI=1S/C9H8ClN3O2S/c1-7(10)6-13-16(14,15)9-3-2-4-12-8(9)5-11/h2-4,13H,1,6H2. The van der Waals surface area contributed by atoms with Gasteiger partial charge in [0.1, 0.15) is 11.0 Å². The van der Waals surface area contributed by atoms with Gasteiger partial charge < -0.3 is 0 Å². The summed E-state index contributed by atoms with van der Waals surface area (Å²) in [6.07, 6.45) is 1.35. The maximum absolute atomic E-state index is 11.7. The van der Waals surface area contributed by atoms with Crippen molar-refractivity contribution in [2.75, 3.05) is 6.54 Å². The fourth-order valence-electron chi connectivity index (χ4n) is 0.942. The van der Waals surface area contributed by atoms with Crippen LogP contribution in [0, 0.1) is 11.3 Å². The second-order valence-corrected chi connectivity index (χ2v) is 5.07. The van der Waals surface area contributed by atoms with Gasteiger partial charge >= 0.3 is 0 Å². The molecule has 1 aromatic rings. The van der Waals surface area contributed by atoms with Gasteiger partial charge in [0.25, 0.3) is 0 Å². The van der Waals surface area contributed by atoms with E-state index in [1.807, 2.05) is 0 Å². The summed E-state index contributed by atoms with van der Waals surface area (Å²) in [6, 6.07) is 4.44. The summed E-state index contributed by atoms with van der Waals surface area (Å²) in [5.41, 5.74) is -0.157. The van der Waals surface area contributed by atoms with Gasteiger partial charge in [0.05, 0.1) is 0 Å². The SMILES string of the molecule is C=C(Cl)CNS(=O)(=O)c1cccnc1C#N. The first-order valence-electron chi connectivity index (χ1n) is 4.15. The van der Waals surface area contributed by atoms with Crippen molar-refractivity contribution in [1.82, 2.24) is 9.71 Å². The highest BCUT2D eigenvalue weighted by atomic mass is 35.5. The predicted octanol–water partition coefficient (Wildman–Crippen LogP) is 0.984. The number of rotatable bonds is 4. The minimum atomic E-state index is -3.78. The first-order valence-corrected chi connectivity index (χ1v) is 6.01. The highest BCUT2D eigenvalue weighted by Gasteiger charge is 2.18. The molecular weight excluding hydrogens is 250 g/mol. The largest absolute Gasteiger partial charge is 0.244 e. The molecule has 84 valence electrons. The molecule has 0 aliphatic carbocycles. The Hall–Kier alpha value is -1.42. The van der Waals surface area contributed by atoms with Crippen molar-refractivity contribution in [2.24, 2.45) is 0 Å². The Morgan fingerprint density at radius 1 is 1.69 bits per heavy atom. The van der Waals surface area contributed by atoms with Gasteiger partial charge in [-0.1, -0.05) is 18.2 Å². The molecule has 0 unspecified atom stereocenters. The molecule has 0 aliphatic rings. The quantitative estimate of drug-likeness (QED) is 0.872. The van der Waals surface area contributed by atoms with E-state index in [4.69, 9.17) is 16.9 Å². The third kappa shape index (κ3) is 3.03. The molecule has 1 N–H and O–H groups in total. The van der Waals surface area contributed by atoms with Gasteiger partial charge in [-0.2, -0.15) is 5.26 Å². The van der Waals surface area contributed by atoms with Crippen LogP contribution in [-0.2, 0) is 10.0 Å². The van der Waals surface area contributed by atoms with Gasteiger partial charge in [0.15, 0.2) is 5.69 Å². The zero-order valence-electron chi connectivity index (χ0n) is 8.14. The average molecular weight is 258 g/mol. The van der Waals surface area contributed by atoms with Crippen LogP contribution >= 0.6 is 11.6 Å². The van der Waals surface area contributed by atoms with Crippen molar-refractivity contribution >= 4 is 21.6 Å². The lowest BCUT2D eigenvalue weighted by Gasteiger charge is -2.06. The molecule has 0 fully saturated rings. The molecule has 0 amide bonds. The van der Waals surface area contributed by atoms with E-state index in [9.17, 15) is 8.42 Å².